The van der Waals surface area contributed by atoms with Crippen LogP contribution in [0, 0.1) is 6.85 Å². The Morgan fingerprint density at radius 2 is 1.00 bits per heavy atom. The maximum absolute atomic E-state index is 8.16. The normalized spacial score (nSPS) is 13.4. The highest BCUT2D eigenvalue weighted by atomic mass is 15.2. The molecule has 0 saturated carbocycles. The summed E-state index contributed by atoms with van der Waals surface area (Å²) in [5.41, 5.74) is 13.9. The van der Waals surface area contributed by atoms with Crippen LogP contribution in [0.5, 0.6) is 0 Å². The molecule has 0 atom stereocenters. The topological polar surface area (TPSA) is 22.2 Å². The Morgan fingerprint density at radius 1 is 0.488 bits per heavy atom. The third-order valence-corrected chi connectivity index (χ3v) is 8.43. The minimum absolute atomic E-state index is 0.261. The Labute approximate surface area is 241 Å². The largest absolute Gasteiger partial charge is 0.278 e. The summed E-state index contributed by atoms with van der Waals surface area (Å²) in [6, 6.07) is 46.1. The van der Waals surface area contributed by atoms with Gasteiger partial charge in [-0.3, -0.25) is 8.97 Å². The van der Waals surface area contributed by atoms with Crippen LogP contribution in [0.4, 0.5) is 0 Å². The van der Waals surface area contributed by atoms with Crippen molar-refractivity contribution >= 4 is 27.8 Å². The first-order valence-electron chi connectivity index (χ1n) is 15.3. The second kappa shape index (κ2) is 8.30. The van der Waals surface area contributed by atoms with E-state index in [1.54, 1.807) is 6.07 Å². The Bertz CT molecular complexity index is 2440. The number of fused-ring (bicyclic) bond motifs is 13. The lowest BCUT2D eigenvalue weighted by Crippen LogP contribution is -2.00. The van der Waals surface area contributed by atoms with E-state index in [4.69, 9.17) is 9.10 Å². The van der Waals surface area contributed by atoms with E-state index in [-0.39, 0.29) is 5.56 Å². The first kappa shape index (κ1) is 19.6. The first-order chi connectivity index (χ1) is 21.5. The zero-order chi connectivity index (χ0) is 29.6. The summed E-state index contributed by atoms with van der Waals surface area (Å²) in [4.78, 5) is 5.02. The predicted molar refractivity (Wildman–Crippen MR) is 170 cm³/mol. The highest BCUT2D eigenvalue weighted by Crippen LogP contribution is 2.48. The van der Waals surface area contributed by atoms with E-state index in [1.807, 2.05) is 24.3 Å². The van der Waals surface area contributed by atoms with E-state index in [0.717, 1.165) is 38.9 Å². The maximum Gasteiger partial charge on any atom is 0.220 e. The highest BCUT2D eigenvalue weighted by molar-refractivity contribution is 6.03. The molecule has 0 aliphatic heterocycles. The van der Waals surface area contributed by atoms with Gasteiger partial charge in [-0.25, -0.2) is 4.98 Å². The SMILES string of the molecule is [2H]C([2H])([2H])c1cccc2c1nc1n(-c3ccc4c(c3)-c3ccccc3-c3ccccc3-c3ccccc3-4)c3ccccc3n21. The fraction of sp³-hybridized carbons (Fsp3) is 0.0263. The minimum Gasteiger partial charge on any atom is -0.278 e. The summed E-state index contributed by atoms with van der Waals surface area (Å²) in [7, 11) is 0. The average molecular weight is 527 g/mol. The van der Waals surface area contributed by atoms with E-state index in [9.17, 15) is 0 Å². The monoisotopic (exact) mass is 526 g/mol. The number of hydrogen-bond acceptors (Lipinski definition) is 1. The van der Waals surface area contributed by atoms with Crippen LogP contribution in [0.25, 0.3) is 78.0 Å². The summed E-state index contributed by atoms with van der Waals surface area (Å²) in [5.74, 6) is 0.683. The molecule has 0 spiro atoms. The second-order valence-electron chi connectivity index (χ2n) is 10.6. The van der Waals surface area contributed by atoms with E-state index >= 15 is 0 Å². The van der Waals surface area contributed by atoms with Gasteiger partial charge in [-0.05, 0) is 87.3 Å². The van der Waals surface area contributed by atoms with Crippen molar-refractivity contribution < 1.29 is 4.11 Å². The molecule has 1 aliphatic rings. The van der Waals surface area contributed by atoms with Crippen molar-refractivity contribution in [3.05, 3.63) is 139 Å². The van der Waals surface area contributed by atoms with E-state index < -0.39 is 6.85 Å². The van der Waals surface area contributed by atoms with Crippen molar-refractivity contribution in [2.24, 2.45) is 0 Å². The fourth-order valence-electron chi connectivity index (χ4n) is 6.67. The standard InChI is InChI=1S/C38H25N3/c1-24-11-10-20-36-37(24)39-38-40(34-18-8-9-19-35(34)41(36)38)25-21-22-32-30-16-5-4-14-28(30)26-12-2-3-13-27(26)29-15-6-7-17-31(29)33(32)23-25/h2-23H,1H3/i1D3. The molecular formula is C38H25N3. The third kappa shape index (κ3) is 3.06. The molecule has 8 aromatic rings. The predicted octanol–water partition coefficient (Wildman–Crippen LogP) is 9.72. The zero-order valence-electron chi connectivity index (χ0n) is 25.0. The van der Waals surface area contributed by atoms with Gasteiger partial charge in [-0.1, -0.05) is 103 Å². The number of imidazole rings is 2. The van der Waals surface area contributed by atoms with Crippen molar-refractivity contribution in [3.63, 3.8) is 0 Å². The number of para-hydroxylation sites is 3. The fourth-order valence-corrected chi connectivity index (χ4v) is 6.67. The number of rotatable bonds is 1. The lowest BCUT2D eigenvalue weighted by Gasteiger charge is -2.23. The summed E-state index contributed by atoms with van der Waals surface area (Å²) in [6.45, 7) is -2.27. The van der Waals surface area contributed by atoms with Crippen LogP contribution >= 0.6 is 0 Å². The molecule has 0 unspecified atom stereocenters. The number of benzene rings is 6. The van der Waals surface area contributed by atoms with Crippen molar-refractivity contribution in [1.82, 2.24) is 14.0 Å². The molecule has 0 fully saturated rings. The van der Waals surface area contributed by atoms with E-state index in [2.05, 4.69) is 112 Å². The maximum atomic E-state index is 8.16. The Kier molecular flexibility index (Phi) is 3.97. The van der Waals surface area contributed by atoms with Gasteiger partial charge in [0, 0.05) is 9.80 Å². The van der Waals surface area contributed by atoms with Gasteiger partial charge in [-0.2, -0.15) is 0 Å². The molecule has 0 bridgehead atoms. The molecule has 3 nitrogen and oxygen atoms in total. The van der Waals surface area contributed by atoms with Crippen molar-refractivity contribution in [2.75, 3.05) is 0 Å². The second-order valence-corrected chi connectivity index (χ2v) is 10.6. The van der Waals surface area contributed by atoms with Crippen molar-refractivity contribution in [3.8, 4) is 50.2 Å². The summed E-state index contributed by atoms with van der Waals surface area (Å²) in [6.07, 6.45) is 0. The van der Waals surface area contributed by atoms with Crippen LogP contribution in [-0.4, -0.2) is 14.0 Å². The van der Waals surface area contributed by atoms with Gasteiger partial charge < -0.3 is 0 Å². The molecule has 2 heterocycles. The molecule has 3 heteroatoms. The smallest absolute Gasteiger partial charge is 0.220 e. The van der Waals surface area contributed by atoms with Crippen LogP contribution in [0.3, 0.4) is 0 Å². The average Bonchev–Trinajstić information content (AvgIpc) is 3.58. The van der Waals surface area contributed by atoms with Gasteiger partial charge in [0.15, 0.2) is 0 Å². The molecule has 1 aliphatic carbocycles. The van der Waals surface area contributed by atoms with Crippen LogP contribution < -0.4 is 0 Å². The number of aromatic nitrogens is 3. The quantitative estimate of drug-likeness (QED) is 0.209. The summed E-state index contributed by atoms with van der Waals surface area (Å²) in [5, 5.41) is 0. The van der Waals surface area contributed by atoms with Crippen LogP contribution in [0.1, 0.15) is 9.68 Å². The highest BCUT2D eigenvalue weighted by Gasteiger charge is 2.23. The number of hydrogen-bond donors (Lipinski definition) is 0. The molecule has 192 valence electrons. The van der Waals surface area contributed by atoms with E-state index in [0.29, 0.717) is 11.3 Å². The molecule has 0 radical (unpaired) electrons. The Balaban J connectivity index is 1.39. The summed E-state index contributed by atoms with van der Waals surface area (Å²) >= 11 is 0. The Morgan fingerprint density at radius 3 is 1.61 bits per heavy atom. The molecule has 6 aromatic carbocycles. The number of nitrogens with zero attached hydrogens (tertiary/aromatic N) is 3. The third-order valence-electron chi connectivity index (χ3n) is 8.43. The molecule has 2 aromatic heterocycles. The lowest BCUT2D eigenvalue weighted by molar-refractivity contribution is 1.11. The van der Waals surface area contributed by atoms with Crippen molar-refractivity contribution in [1.29, 1.82) is 0 Å². The molecule has 0 saturated heterocycles. The molecule has 9 rings (SSSR count). The molecule has 41 heavy (non-hydrogen) atoms. The van der Waals surface area contributed by atoms with Crippen LogP contribution in [0.2, 0.25) is 0 Å². The number of aryl methyl sites for hydroxylation is 1. The minimum atomic E-state index is -2.27. The zero-order valence-corrected chi connectivity index (χ0v) is 22.0. The summed E-state index contributed by atoms with van der Waals surface area (Å²) < 4.78 is 28.7. The van der Waals surface area contributed by atoms with Gasteiger partial charge >= 0.3 is 0 Å². The van der Waals surface area contributed by atoms with Gasteiger partial charge in [-0.15, -0.1) is 0 Å². The lowest BCUT2D eigenvalue weighted by atomic mass is 9.81. The van der Waals surface area contributed by atoms with Gasteiger partial charge in [0.1, 0.15) is 0 Å². The molecule has 0 N–H and O–H groups in total. The first-order valence-corrected chi connectivity index (χ1v) is 13.8. The van der Waals surface area contributed by atoms with Gasteiger partial charge in [0.05, 0.1) is 22.1 Å². The Hall–Kier alpha value is -5.41. The van der Waals surface area contributed by atoms with Crippen LogP contribution in [0.15, 0.2) is 133 Å². The van der Waals surface area contributed by atoms with Crippen LogP contribution in [-0.2, 0) is 0 Å². The molecule has 0 amide bonds. The van der Waals surface area contributed by atoms with Gasteiger partial charge in [0.25, 0.3) is 0 Å². The molecular weight excluding hydrogens is 498 g/mol. The van der Waals surface area contributed by atoms with Crippen molar-refractivity contribution in [2.45, 2.75) is 6.85 Å². The van der Waals surface area contributed by atoms with E-state index in [1.165, 1.54) is 27.8 Å². The van der Waals surface area contributed by atoms with Gasteiger partial charge in [0.2, 0.25) is 5.78 Å².